The Morgan fingerprint density at radius 2 is 1.90 bits per heavy atom. The third-order valence-electron chi connectivity index (χ3n) is 3.31. The Morgan fingerprint density at radius 1 is 1.19 bits per heavy atom. The smallest absolute Gasteiger partial charge is 0.147 e. The van der Waals surface area contributed by atoms with Crippen molar-refractivity contribution in [1.29, 1.82) is 0 Å². The van der Waals surface area contributed by atoms with Gasteiger partial charge in [0.05, 0.1) is 12.4 Å². The van der Waals surface area contributed by atoms with E-state index in [9.17, 15) is 8.42 Å². The topological polar surface area (TPSA) is 69.4 Å². The summed E-state index contributed by atoms with van der Waals surface area (Å²) >= 11 is 0. The average Bonchev–Trinajstić information content (AvgIpc) is 2.42. The van der Waals surface area contributed by atoms with Crippen LogP contribution in [-0.4, -0.2) is 27.0 Å². The quantitative estimate of drug-likeness (QED) is 0.833. The minimum atomic E-state index is -2.95. The molecule has 1 atom stereocenters. The number of benzene rings is 2. The van der Waals surface area contributed by atoms with E-state index in [0.717, 1.165) is 22.1 Å². The largest absolute Gasteiger partial charge is 0.493 e. The van der Waals surface area contributed by atoms with Gasteiger partial charge in [-0.05, 0) is 18.7 Å². The average molecular weight is 307 g/mol. The zero-order valence-corrected chi connectivity index (χ0v) is 13.2. The van der Waals surface area contributed by atoms with Crippen LogP contribution in [0.3, 0.4) is 0 Å². The maximum absolute atomic E-state index is 11.2. The molecule has 0 spiro atoms. The minimum Gasteiger partial charge on any atom is -0.493 e. The van der Waals surface area contributed by atoms with Crippen LogP contribution < -0.4 is 10.5 Å². The fraction of sp³-hybridized carbons (Fsp3) is 0.375. The van der Waals surface area contributed by atoms with E-state index in [1.807, 2.05) is 43.3 Å². The number of sulfone groups is 1. The molecule has 2 aromatic carbocycles. The molecular weight excluding hydrogens is 286 g/mol. The van der Waals surface area contributed by atoms with E-state index in [1.54, 1.807) is 0 Å². The first-order valence-electron chi connectivity index (χ1n) is 6.96. The fourth-order valence-corrected chi connectivity index (χ4v) is 2.92. The molecule has 2 rings (SSSR count). The first kappa shape index (κ1) is 15.8. The highest BCUT2D eigenvalue weighted by molar-refractivity contribution is 7.90. The molecule has 0 radical (unpaired) electrons. The van der Waals surface area contributed by atoms with Crippen molar-refractivity contribution in [3.63, 3.8) is 0 Å². The van der Waals surface area contributed by atoms with Crippen molar-refractivity contribution < 1.29 is 13.2 Å². The van der Waals surface area contributed by atoms with E-state index in [0.29, 0.717) is 13.0 Å². The van der Waals surface area contributed by atoms with Gasteiger partial charge in [-0.25, -0.2) is 8.42 Å². The first-order valence-corrected chi connectivity index (χ1v) is 9.02. The predicted molar refractivity (Wildman–Crippen MR) is 86.4 cm³/mol. The molecule has 0 aliphatic heterocycles. The van der Waals surface area contributed by atoms with Crippen LogP contribution in [0.4, 0.5) is 0 Å². The molecule has 4 nitrogen and oxygen atoms in total. The molecular formula is C16H21NO3S. The summed E-state index contributed by atoms with van der Waals surface area (Å²) in [5.41, 5.74) is 6.94. The summed E-state index contributed by atoms with van der Waals surface area (Å²) in [5, 5.41) is 2.09. The van der Waals surface area contributed by atoms with E-state index in [2.05, 4.69) is 0 Å². The second-order valence-electron chi connectivity index (χ2n) is 5.33. The van der Waals surface area contributed by atoms with Gasteiger partial charge in [0, 0.05) is 23.2 Å². The first-order chi connectivity index (χ1) is 9.88. The van der Waals surface area contributed by atoms with Crippen molar-refractivity contribution in [3.8, 4) is 5.75 Å². The standard InChI is InChI=1S/C16H21NO3S/c1-12(17)14-9-8-13-6-3-4-7-15(13)16(14)20-10-5-11-21(2,18)19/h3-4,6-9,12H,5,10-11,17H2,1-2H3/t12-/m1/s1. The Morgan fingerprint density at radius 3 is 2.57 bits per heavy atom. The molecule has 0 bridgehead atoms. The van der Waals surface area contributed by atoms with Crippen LogP contribution in [0.5, 0.6) is 5.75 Å². The highest BCUT2D eigenvalue weighted by Crippen LogP contribution is 2.33. The molecule has 0 aliphatic rings. The summed E-state index contributed by atoms with van der Waals surface area (Å²) in [6.07, 6.45) is 1.71. The van der Waals surface area contributed by atoms with E-state index >= 15 is 0 Å². The van der Waals surface area contributed by atoms with Gasteiger partial charge in [-0.3, -0.25) is 0 Å². The number of ether oxygens (including phenoxy) is 1. The van der Waals surface area contributed by atoms with Crippen LogP contribution >= 0.6 is 0 Å². The van der Waals surface area contributed by atoms with Crippen molar-refractivity contribution >= 4 is 20.6 Å². The van der Waals surface area contributed by atoms with Gasteiger partial charge < -0.3 is 10.5 Å². The van der Waals surface area contributed by atoms with Crippen molar-refractivity contribution in [2.75, 3.05) is 18.6 Å². The normalized spacial score (nSPS) is 13.3. The summed E-state index contributed by atoms with van der Waals surface area (Å²) in [4.78, 5) is 0. The maximum atomic E-state index is 11.2. The summed E-state index contributed by atoms with van der Waals surface area (Å²) < 4.78 is 28.2. The highest BCUT2D eigenvalue weighted by Gasteiger charge is 2.12. The van der Waals surface area contributed by atoms with Crippen molar-refractivity contribution in [1.82, 2.24) is 0 Å². The monoisotopic (exact) mass is 307 g/mol. The van der Waals surface area contributed by atoms with Crippen LogP contribution in [0.1, 0.15) is 24.9 Å². The lowest BCUT2D eigenvalue weighted by Gasteiger charge is -2.16. The lowest BCUT2D eigenvalue weighted by molar-refractivity contribution is 0.317. The molecule has 0 amide bonds. The highest BCUT2D eigenvalue weighted by atomic mass is 32.2. The number of rotatable bonds is 6. The summed E-state index contributed by atoms with van der Waals surface area (Å²) in [6, 6.07) is 11.8. The Bertz CT molecular complexity index is 723. The lowest BCUT2D eigenvalue weighted by Crippen LogP contribution is -2.11. The number of hydrogen-bond acceptors (Lipinski definition) is 4. The molecule has 0 fully saturated rings. The SMILES string of the molecule is C[C@@H](N)c1ccc2ccccc2c1OCCCS(C)(=O)=O. The number of hydrogen-bond donors (Lipinski definition) is 1. The lowest BCUT2D eigenvalue weighted by atomic mass is 10.0. The third-order valence-corrected chi connectivity index (χ3v) is 4.34. The second kappa shape index (κ2) is 6.45. The third kappa shape index (κ3) is 4.19. The zero-order chi connectivity index (χ0) is 15.5. The summed E-state index contributed by atoms with van der Waals surface area (Å²) in [7, 11) is -2.95. The molecule has 21 heavy (non-hydrogen) atoms. The summed E-state index contributed by atoms with van der Waals surface area (Å²) in [6.45, 7) is 2.27. The van der Waals surface area contributed by atoms with E-state index in [1.165, 1.54) is 6.26 Å². The molecule has 5 heteroatoms. The number of fused-ring (bicyclic) bond motifs is 1. The van der Waals surface area contributed by atoms with Crippen LogP contribution in [0.2, 0.25) is 0 Å². The second-order valence-corrected chi connectivity index (χ2v) is 7.59. The van der Waals surface area contributed by atoms with Crippen LogP contribution in [-0.2, 0) is 9.84 Å². The van der Waals surface area contributed by atoms with Gasteiger partial charge in [-0.15, -0.1) is 0 Å². The van der Waals surface area contributed by atoms with Crippen molar-refractivity contribution in [2.45, 2.75) is 19.4 Å². The molecule has 0 aliphatic carbocycles. The molecule has 2 N–H and O–H groups in total. The van der Waals surface area contributed by atoms with Gasteiger partial charge in [-0.2, -0.15) is 0 Å². The van der Waals surface area contributed by atoms with Crippen LogP contribution in [0.25, 0.3) is 10.8 Å². The molecule has 0 saturated heterocycles. The zero-order valence-electron chi connectivity index (χ0n) is 12.4. The van der Waals surface area contributed by atoms with E-state index in [-0.39, 0.29) is 11.8 Å². The molecule has 0 saturated carbocycles. The molecule has 114 valence electrons. The van der Waals surface area contributed by atoms with Crippen molar-refractivity contribution in [3.05, 3.63) is 42.0 Å². The van der Waals surface area contributed by atoms with Gasteiger partial charge >= 0.3 is 0 Å². The van der Waals surface area contributed by atoms with Gasteiger partial charge in [0.25, 0.3) is 0 Å². The Kier molecular flexibility index (Phi) is 4.85. The van der Waals surface area contributed by atoms with Gasteiger partial charge in [0.2, 0.25) is 0 Å². The molecule has 0 heterocycles. The van der Waals surface area contributed by atoms with Gasteiger partial charge in [-0.1, -0.05) is 36.4 Å². The van der Waals surface area contributed by atoms with Crippen LogP contribution in [0, 0.1) is 0 Å². The predicted octanol–water partition coefficient (Wildman–Crippen LogP) is 2.67. The fourth-order valence-electron chi connectivity index (χ4n) is 2.27. The Labute approximate surface area is 125 Å². The minimum absolute atomic E-state index is 0.130. The molecule has 2 aromatic rings. The maximum Gasteiger partial charge on any atom is 0.147 e. The van der Waals surface area contributed by atoms with Crippen LogP contribution in [0.15, 0.2) is 36.4 Å². The van der Waals surface area contributed by atoms with Gasteiger partial charge in [0.15, 0.2) is 0 Å². The van der Waals surface area contributed by atoms with Gasteiger partial charge in [0.1, 0.15) is 15.6 Å². The van der Waals surface area contributed by atoms with E-state index < -0.39 is 9.84 Å². The molecule has 0 unspecified atom stereocenters. The Balaban J connectivity index is 2.25. The Hall–Kier alpha value is -1.59. The summed E-state index contributed by atoms with van der Waals surface area (Å²) in [5.74, 6) is 0.891. The molecule has 0 aromatic heterocycles. The van der Waals surface area contributed by atoms with Crippen molar-refractivity contribution in [2.24, 2.45) is 5.73 Å². The van der Waals surface area contributed by atoms with E-state index in [4.69, 9.17) is 10.5 Å². The number of nitrogens with two attached hydrogens (primary N) is 1.